The van der Waals surface area contributed by atoms with E-state index in [0.29, 0.717) is 17.9 Å². The number of amides is 1. The lowest BCUT2D eigenvalue weighted by Gasteiger charge is -2.32. The van der Waals surface area contributed by atoms with Gasteiger partial charge in [-0.15, -0.1) is 0 Å². The quantitative estimate of drug-likeness (QED) is 0.768. The second-order valence-electron chi connectivity index (χ2n) is 6.45. The topological polar surface area (TPSA) is 75.9 Å². The molecule has 1 aromatic carbocycles. The Hall–Kier alpha value is -3.29. The number of hydrogen-bond acceptors (Lipinski definition) is 5. The van der Waals surface area contributed by atoms with Crippen molar-refractivity contribution in [3.05, 3.63) is 61.1 Å². The largest absolute Gasteiger partial charge is 0.355 e. The summed E-state index contributed by atoms with van der Waals surface area (Å²) in [6.07, 6.45) is 9.89. The second-order valence-corrected chi connectivity index (χ2v) is 6.45. The van der Waals surface area contributed by atoms with Crippen LogP contribution in [0.4, 0.5) is 15.9 Å². The Morgan fingerprint density at radius 1 is 1.26 bits per heavy atom. The number of nitrogens with zero attached hydrogens (tertiary/aromatic N) is 5. The molecule has 138 valence electrons. The summed E-state index contributed by atoms with van der Waals surface area (Å²) in [5.74, 6) is 0.0235. The molecular weight excluding hydrogens is 347 g/mol. The van der Waals surface area contributed by atoms with Gasteiger partial charge in [-0.25, -0.2) is 14.1 Å². The smallest absolute Gasteiger partial charge is 0.229 e. The van der Waals surface area contributed by atoms with Gasteiger partial charge in [0.2, 0.25) is 5.91 Å². The van der Waals surface area contributed by atoms with Crippen LogP contribution in [0.2, 0.25) is 0 Å². The highest BCUT2D eigenvalue weighted by molar-refractivity contribution is 5.93. The van der Waals surface area contributed by atoms with Gasteiger partial charge in [-0.2, -0.15) is 5.10 Å². The number of benzene rings is 1. The molecular formula is C19H19FN6O. The number of nitrogens with one attached hydrogen (secondary N) is 1. The monoisotopic (exact) mass is 366 g/mol. The van der Waals surface area contributed by atoms with Crippen molar-refractivity contribution in [1.29, 1.82) is 0 Å². The summed E-state index contributed by atoms with van der Waals surface area (Å²) < 4.78 is 15.8. The van der Waals surface area contributed by atoms with Gasteiger partial charge in [0.25, 0.3) is 0 Å². The maximum absolute atomic E-state index is 14.4. The standard InChI is InChI=1S/C19H19FN6O/c20-16-11-15(4-5-17(16)26-10-2-6-23-26)24-19(27)14-3-1-9-25(13-14)18-12-21-7-8-22-18/h2,4-8,10-12,14H,1,3,9,13H2,(H,24,27)/t14-/m0/s1. The van der Waals surface area contributed by atoms with E-state index in [-0.39, 0.29) is 11.8 Å². The lowest BCUT2D eigenvalue weighted by molar-refractivity contribution is -0.120. The van der Waals surface area contributed by atoms with Crippen LogP contribution in [0, 0.1) is 11.7 Å². The molecule has 0 bridgehead atoms. The molecule has 1 N–H and O–H groups in total. The van der Waals surface area contributed by atoms with Crippen LogP contribution in [0.5, 0.6) is 0 Å². The van der Waals surface area contributed by atoms with Crippen molar-refractivity contribution in [2.24, 2.45) is 5.92 Å². The molecule has 0 spiro atoms. The Morgan fingerprint density at radius 2 is 2.19 bits per heavy atom. The average molecular weight is 366 g/mol. The lowest BCUT2D eigenvalue weighted by atomic mass is 9.97. The van der Waals surface area contributed by atoms with E-state index in [4.69, 9.17) is 0 Å². The Morgan fingerprint density at radius 3 is 2.93 bits per heavy atom. The van der Waals surface area contributed by atoms with Gasteiger partial charge >= 0.3 is 0 Å². The second kappa shape index (κ2) is 7.53. The van der Waals surface area contributed by atoms with Crippen LogP contribution in [0.3, 0.4) is 0 Å². The minimum Gasteiger partial charge on any atom is -0.355 e. The molecule has 1 aliphatic heterocycles. The minimum atomic E-state index is -0.443. The first-order valence-electron chi connectivity index (χ1n) is 8.82. The fourth-order valence-electron chi connectivity index (χ4n) is 3.28. The normalized spacial score (nSPS) is 16.9. The highest BCUT2D eigenvalue weighted by atomic mass is 19.1. The van der Waals surface area contributed by atoms with Crippen molar-refractivity contribution < 1.29 is 9.18 Å². The van der Waals surface area contributed by atoms with Crippen molar-refractivity contribution in [3.63, 3.8) is 0 Å². The fourth-order valence-corrected chi connectivity index (χ4v) is 3.28. The van der Waals surface area contributed by atoms with Gasteiger partial charge in [0.15, 0.2) is 5.82 Å². The first-order chi connectivity index (χ1) is 13.2. The van der Waals surface area contributed by atoms with Crippen molar-refractivity contribution in [2.45, 2.75) is 12.8 Å². The van der Waals surface area contributed by atoms with Crippen molar-refractivity contribution in [3.8, 4) is 5.69 Å². The first-order valence-corrected chi connectivity index (χ1v) is 8.82. The maximum atomic E-state index is 14.4. The third-order valence-corrected chi connectivity index (χ3v) is 4.63. The first kappa shape index (κ1) is 17.1. The number of aromatic nitrogens is 4. The lowest BCUT2D eigenvalue weighted by Crippen LogP contribution is -2.41. The van der Waals surface area contributed by atoms with Crippen LogP contribution >= 0.6 is 0 Å². The number of piperidine rings is 1. The molecule has 1 saturated heterocycles. The summed E-state index contributed by atoms with van der Waals surface area (Å²) in [6, 6.07) is 6.32. The van der Waals surface area contributed by atoms with Crippen molar-refractivity contribution in [1.82, 2.24) is 19.7 Å². The summed E-state index contributed by atoms with van der Waals surface area (Å²) in [4.78, 5) is 23.1. The Bertz CT molecular complexity index is 915. The number of carbonyl (C=O) groups is 1. The molecule has 0 unspecified atom stereocenters. The minimum absolute atomic E-state index is 0.116. The Balaban J connectivity index is 1.43. The molecule has 1 atom stereocenters. The molecule has 8 heteroatoms. The summed E-state index contributed by atoms with van der Waals surface area (Å²) in [7, 11) is 0. The van der Waals surface area contributed by atoms with E-state index >= 15 is 0 Å². The van der Waals surface area contributed by atoms with E-state index in [1.165, 1.54) is 10.7 Å². The van der Waals surface area contributed by atoms with E-state index in [2.05, 4.69) is 25.3 Å². The number of hydrogen-bond donors (Lipinski definition) is 1. The highest BCUT2D eigenvalue weighted by Gasteiger charge is 2.26. The van der Waals surface area contributed by atoms with E-state index < -0.39 is 5.82 Å². The fraction of sp³-hybridized carbons (Fsp3) is 0.263. The van der Waals surface area contributed by atoms with E-state index in [9.17, 15) is 9.18 Å². The predicted molar refractivity (Wildman–Crippen MR) is 99.1 cm³/mol. The molecule has 27 heavy (non-hydrogen) atoms. The molecule has 0 saturated carbocycles. The van der Waals surface area contributed by atoms with Gasteiger partial charge in [-0.1, -0.05) is 0 Å². The summed E-state index contributed by atoms with van der Waals surface area (Å²) in [5, 5.41) is 6.85. The van der Waals surface area contributed by atoms with Gasteiger partial charge in [0.05, 0.1) is 12.1 Å². The molecule has 7 nitrogen and oxygen atoms in total. The van der Waals surface area contributed by atoms with Crippen LogP contribution in [0.25, 0.3) is 5.69 Å². The molecule has 1 aliphatic rings. The number of carbonyl (C=O) groups excluding carboxylic acids is 1. The van der Waals surface area contributed by atoms with Gasteiger partial charge < -0.3 is 10.2 Å². The highest BCUT2D eigenvalue weighted by Crippen LogP contribution is 2.23. The van der Waals surface area contributed by atoms with Crippen LogP contribution in [-0.2, 0) is 4.79 Å². The third kappa shape index (κ3) is 3.79. The van der Waals surface area contributed by atoms with E-state index in [1.807, 2.05) is 0 Å². The summed E-state index contributed by atoms with van der Waals surface area (Å²) in [5.41, 5.74) is 0.773. The Labute approximate surface area is 155 Å². The molecule has 0 aliphatic carbocycles. The van der Waals surface area contributed by atoms with Crippen LogP contribution < -0.4 is 10.2 Å². The zero-order valence-electron chi connectivity index (χ0n) is 14.6. The molecule has 1 fully saturated rings. The zero-order chi connectivity index (χ0) is 18.6. The van der Waals surface area contributed by atoms with Crippen molar-refractivity contribution >= 4 is 17.4 Å². The SMILES string of the molecule is O=C(Nc1ccc(-n2cccn2)c(F)c1)[C@H]1CCCN(c2cnccn2)C1. The predicted octanol–water partition coefficient (Wildman–Crippen LogP) is 2.66. The zero-order valence-corrected chi connectivity index (χ0v) is 14.6. The van der Waals surface area contributed by atoms with Crippen LogP contribution in [0.1, 0.15) is 12.8 Å². The summed E-state index contributed by atoms with van der Waals surface area (Å²) in [6.45, 7) is 1.41. The van der Waals surface area contributed by atoms with Gasteiger partial charge in [0.1, 0.15) is 11.5 Å². The summed E-state index contributed by atoms with van der Waals surface area (Å²) >= 11 is 0. The average Bonchev–Trinajstić information content (AvgIpc) is 3.23. The van der Waals surface area contributed by atoms with Gasteiger partial charge in [-0.3, -0.25) is 9.78 Å². The Kier molecular flexibility index (Phi) is 4.78. The molecule has 3 aromatic rings. The van der Waals surface area contributed by atoms with E-state index in [0.717, 1.165) is 25.2 Å². The third-order valence-electron chi connectivity index (χ3n) is 4.63. The molecule has 3 heterocycles. The maximum Gasteiger partial charge on any atom is 0.229 e. The number of anilines is 2. The number of rotatable bonds is 4. The van der Waals surface area contributed by atoms with Crippen molar-refractivity contribution in [2.75, 3.05) is 23.3 Å². The molecule has 1 amide bonds. The molecule has 2 aromatic heterocycles. The molecule has 4 rings (SSSR count). The number of halogens is 1. The van der Waals surface area contributed by atoms with Crippen LogP contribution in [0.15, 0.2) is 55.2 Å². The van der Waals surface area contributed by atoms with Crippen LogP contribution in [-0.4, -0.2) is 38.7 Å². The molecule has 0 radical (unpaired) electrons. The van der Waals surface area contributed by atoms with Gasteiger partial charge in [0, 0.05) is 43.6 Å². The van der Waals surface area contributed by atoms with Gasteiger partial charge in [-0.05, 0) is 37.1 Å². The van der Waals surface area contributed by atoms with E-state index in [1.54, 1.807) is 49.2 Å².